The fourth-order valence-corrected chi connectivity index (χ4v) is 2.59. The molecule has 102 valence electrons. The molecule has 1 fully saturated rings. The van der Waals surface area contributed by atoms with Crippen LogP contribution < -0.4 is 5.32 Å². The second kappa shape index (κ2) is 6.48. The Labute approximate surface area is 109 Å². The molecule has 8 heteroatoms. The van der Waals surface area contributed by atoms with Crippen molar-refractivity contribution in [2.45, 2.75) is 25.9 Å². The van der Waals surface area contributed by atoms with Gasteiger partial charge in [-0.25, -0.2) is 14.4 Å². The van der Waals surface area contributed by atoms with Crippen molar-refractivity contribution in [3.05, 3.63) is 0 Å². The quantitative estimate of drug-likeness (QED) is 0.707. The van der Waals surface area contributed by atoms with Crippen LogP contribution in [0.1, 0.15) is 13.8 Å². The Morgan fingerprint density at radius 1 is 1.56 bits per heavy atom. The molecule has 0 bridgehead atoms. The Kier molecular flexibility index (Phi) is 5.26. The molecule has 0 spiro atoms. The average Bonchev–Trinajstić information content (AvgIpc) is 2.78. The fourth-order valence-electron chi connectivity index (χ4n) is 1.44. The topological polar surface area (TPSA) is 95.9 Å². The summed E-state index contributed by atoms with van der Waals surface area (Å²) in [4.78, 5) is 35.3. The van der Waals surface area contributed by atoms with Gasteiger partial charge in [0.15, 0.2) is 0 Å². The summed E-state index contributed by atoms with van der Waals surface area (Å²) in [5.41, 5.74) is 0. The van der Waals surface area contributed by atoms with E-state index >= 15 is 0 Å². The Bertz CT molecular complexity index is 349. The van der Waals surface area contributed by atoms with E-state index in [0.29, 0.717) is 11.6 Å². The molecule has 0 radical (unpaired) electrons. The third-order valence-corrected chi connectivity index (χ3v) is 3.42. The third kappa shape index (κ3) is 3.52. The van der Waals surface area contributed by atoms with Crippen molar-refractivity contribution in [3.8, 4) is 0 Å². The predicted molar refractivity (Wildman–Crippen MR) is 65.2 cm³/mol. The summed E-state index contributed by atoms with van der Waals surface area (Å²) in [5, 5.41) is 11.4. The van der Waals surface area contributed by atoms with E-state index in [-0.39, 0.29) is 6.61 Å². The molecule has 0 saturated carbocycles. The first-order valence-corrected chi connectivity index (χ1v) is 6.67. The number of amides is 2. The third-order valence-electron chi connectivity index (χ3n) is 2.41. The van der Waals surface area contributed by atoms with Crippen LogP contribution in [0.25, 0.3) is 0 Å². The van der Waals surface area contributed by atoms with Gasteiger partial charge in [0.1, 0.15) is 12.1 Å². The molecule has 1 heterocycles. The van der Waals surface area contributed by atoms with Gasteiger partial charge in [0.2, 0.25) is 0 Å². The molecule has 0 aromatic rings. The molecule has 2 unspecified atom stereocenters. The van der Waals surface area contributed by atoms with Gasteiger partial charge in [-0.2, -0.15) is 0 Å². The molecule has 2 N–H and O–H groups in total. The van der Waals surface area contributed by atoms with E-state index in [0.717, 1.165) is 0 Å². The first kappa shape index (κ1) is 14.6. The predicted octanol–water partition coefficient (Wildman–Crippen LogP) is 0.107. The van der Waals surface area contributed by atoms with Gasteiger partial charge in [-0.05, 0) is 13.8 Å². The van der Waals surface area contributed by atoms with Crippen LogP contribution in [0.2, 0.25) is 0 Å². The van der Waals surface area contributed by atoms with Gasteiger partial charge in [-0.15, -0.1) is 11.8 Å². The number of aliphatic carboxylic acids is 1. The summed E-state index contributed by atoms with van der Waals surface area (Å²) >= 11 is 1.36. The lowest BCUT2D eigenvalue weighted by Crippen LogP contribution is -2.51. The first-order valence-electron chi connectivity index (χ1n) is 5.51. The van der Waals surface area contributed by atoms with Crippen molar-refractivity contribution in [2.24, 2.45) is 0 Å². The highest BCUT2D eigenvalue weighted by atomic mass is 32.2. The summed E-state index contributed by atoms with van der Waals surface area (Å²) in [5.74, 6) is -0.918. The lowest BCUT2D eigenvalue weighted by Gasteiger charge is -2.22. The van der Waals surface area contributed by atoms with Crippen molar-refractivity contribution >= 4 is 29.7 Å². The Morgan fingerprint density at radius 2 is 2.22 bits per heavy atom. The fraction of sp³-hybridized carbons (Fsp3) is 0.700. The molecule has 18 heavy (non-hydrogen) atoms. The number of carbonyl (C=O) groups excluding carboxylic acids is 2. The monoisotopic (exact) mass is 276 g/mol. The van der Waals surface area contributed by atoms with Crippen LogP contribution in [-0.2, 0) is 14.3 Å². The second-order valence-electron chi connectivity index (χ2n) is 3.75. The number of carboxylic acids is 1. The molecule has 0 aromatic heterocycles. The smallest absolute Gasteiger partial charge is 0.328 e. The highest BCUT2D eigenvalue weighted by Crippen LogP contribution is 2.20. The number of hydrogen-bond acceptors (Lipinski definition) is 5. The van der Waals surface area contributed by atoms with Gasteiger partial charge in [0, 0.05) is 5.75 Å². The summed E-state index contributed by atoms with van der Waals surface area (Å²) < 4.78 is 4.75. The number of thioether (sulfide) groups is 1. The molecule has 2 atom stereocenters. The van der Waals surface area contributed by atoms with E-state index in [4.69, 9.17) is 9.84 Å². The minimum atomic E-state index is -1.04. The number of carboxylic acid groups (broad SMARTS) is 1. The number of ether oxygens (including phenoxy) is 1. The van der Waals surface area contributed by atoms with Crippen LogP contribution in [-0.4, -0.2) is 58.3 Å². The van der Waals surface area contributed by atoms with E-state index in [1.165, 1.54) is 23.6 Å². The highest BCUT2D eigenvalue weighted by molar-refractivity contribution is 7.99. The van der Waals surface area contributed by atoms with Crippen molar-refractivity contribution in [1.29, 1.82) is 0 Å². The second-order valence-corrected chi connectivity index (χ2v) is 4.75. The molecule has 1 rings (SSSR count). The number of nitrogens with zero attached hydrogens (tertiary/aromatic N) is 1. The lowest BCUT2D eigenvalue weighted by molar-refractivity contribution is -0.144. The van der Waals surface area contributed by atoms with E-state index < -0.39 is 30.1 Å². The zero-order chi connectivity index (χ0) is 13.7. The Morgan fingerprint density at radius 3 is 2.78 bits per heavy atom. The molecule has 7 nitrogen and oxygen atoms in total. The molecule has 1 aliphatic heterocycles. The lowest BCUT2D eigenvalue weighted by atomic mass is 10.3. The number of rotatable bonds is 4. The van der Waals surface area contributed by atoms with E-state index in [1.54, 1.807) is 6.92 Å². The van der Waals surface area contributed by atoms with Crippen molar-refractivity contribution < 1.29 is 24.2 Å². The molecule has 1 aliphatic rings. The van der Waals surface area contributed by atoms with Gasteiger partial charge < -0.3 is 20.1 Å². The summed E-state index contributed by atoms with van der Waals surface area (Å²) in [6.07, 6.45) is 0. The number of carbonyl (C=O) groups is 3. The van der Waals surface area contributed by atoms with E-state index in [9.17, 15) is 14.4 Å². The normalized spacial score (nSPS) is 20.3. The molecule has 0 aromatic carbocycles. The highest BCUT2D eigenvalue weighted by Gasteiger charge is 2.35. The summed E-state index contributed by atoms with van der Waals surface area (Å²) in [6, 6.07) is -2.20. The minimum absolute atomic E-state index is 0.233. The van der Waals surface area contributed by atoms with Crippen LogP contribution in [0.3, 0.4) is 0 Å². The molecule has 0 aliphatic carbocycles. The Hall–Kier alpha value is -1.44. The zero-order valence-electron chi connectivity index (χ0n) is 10.2. The first-order chi connectivity index (χ1) is 8.47. The summed E-state index contributed by atoms with van der Waals surface area (Å²) in [7, 11) is 0. The van der Waals surface area contributed by atoms with Gasteiger partial charge in [-0.1, -0.05) is 0 Å². The van der Waals surface area contributed by atoms with Crippen LogP contribution in [0, 0.1) is 0 Å². The van der Waals surface area contributed by atoms with Gasteiger partial charge in [-0.3, -0.25) is 0 Å². The van der Waals surface area contributed by atoms with Gasteiger partial charge in [0.05, 0.1) is 12.5 Å². The van der Waals surface area contributed by atoms with Crippen LogP contribution >= 0.6 is 11.8 Å². The molecular weight excluding hydrogens is 260 g/mol. The molecular formula is C10H16N2O5S. The number of hydrogen-bond donors (Lipinski definition) is 2. The molecule has 1 saturated heterocycles. The van der Waals surface area contributed by atoms with Crippen molar-refractivity contribution in [2.75, 3.05) is 18.2 Å². The maximum absolute atomic E-state index is 11.8. The SMILES string of the molecule is CCOC(=O)C(C)NC(=O)N1CSCC1C(=O)O. The largest absolute Gasteiger partial charge is 0.480 e. The Balaban J connectivity index is 2.54. The molecule has 2 amide bonds. The van der Waals surface area contributed by atoms with E-state index in [2.05, 4.69) is 5.32 Å². The minimum Gasteiger partial charge on any atom is -0.480 e. The average molecular weight is 276 g/mol. The van der Waals surface area contributed by atoms with E-state index in [1.807, 2.05) is 0 Å². The van der Waals surface area contributed by atoms with Crippen molar-refractivity contribution in [1.82, 2.24) is 10.2 Å². The number of urea groups is 1. The number of esters is 1. The van der Waals surface area contributed by atoms with Crippen LogP contribution in [0.15, 0.2) is 0 Å². The maximum Gasteiger partial charge on any atom is 0.328 e. The standard InChI is InChI=1S/C10H16N2O5S/c1-3-17-9(15)6(2)11-10(16)12-5-18-4-7(12)8(13)14/h6-7H,3-5H2,1-2H3,(H,11,16)(H,13,14). The van der Waals surface area contributed by atoms with Crippen molar-refractivity contribution in [3.63, 3.8) is 0 Å². The van der Waals surface area contributed by atoms with Crippen LogP contribution in [0.4, 0.5) is 4.79 Å². The summed E-state index contributed by atoms with van der Waals surface area (Å²) in [6.45, 7) is 3.40. The van der Waals surface area contributed by atoms with Gasteiger partial charge in [0.25, 0.3) is 0 Å². The maximum atomic E-state index is 11.8. The van der Waals surface area contributed by atoms with Gasteiger partial charge >= 0.3 is 18.0 Å². The van der Waals surface area contributed by atoms with Crippen LogP contribution in [0.5, 0.6) is 0 Å². The number of nitrogens with one attached hydrogen (secondary N) is 1. The zero-order valence-corrected chi connectivity index (χ0v) is 11.0.